The summed E-state index contributed by atoms with van der Waals surface area (Å²) in [6, 6.07) is 6.67. The van der Waals surface area contributed by atoms with Crippen LogP contribution in [0.5, 0.6) is 5.88 Å². The summed E-state index contributed by atoms with van der Waals surface area (Å²) in [5, 5.41) is 17.4. The molecule has 0 amide bonds. The zero-order chi connectivity index (χ0) is 15.6. The van der Waals surface area contributed by atoms with Crippen molar-refractivity contribution in [1.29, 1.82) is 0 Å². The van der Waals surface area contributed by atoms with Crippen molar-refractivity contribution in [2.45, 2.75) is 0 Å². The van der Waals surface area contributed by atoms with Gasteiger partial charge in [-0.05, 0) is 18.2 Å². The molecule has 0 bridgehead atoms. The molecule has 0 saturated carbocycles. The number of aromatic hydroxyl groups is 1. The summed E-state index contributed by atoms with van der Waals surface area (Å²) in [4.78, 5) is 23.5. The average Bonchev–Trinajstić information content (AvgIpc) is 2.51. The highest BCUT2D eigenvalue weighted by atomic mass is 16.3. The van der Waals surface area contributed by atoms with Crippen LogP contribution < -0.4 is 11.2 Å². The first-order valence-corrected chi connectivity index (χ1v) is 5.93. The van der Waals surface area contributed by atoms with Crippen LogP contribution in [-0.4, -0.2) is 14.2 Å². The van der Waals surface area contributed by atoms with Gasteiger partial charge in [0.15, 0.2) is 0 Å². The number of rotatable bonds is 2. The molecule has 0 spiro atoms. The van der Waals surface area contributed by atoms with Gasteiger partial charge in [0, 0.05) is 19.7 Å². The third kappa shape index (κ3) is 2.60. The lowest BCUT2D eigenvalue weighted by Gasteiger charge is -2.06. The molecule has 2 aromatic rings. The molecule has 1 aromatic carbocycles. The molecule has 0 saturated heterocycles. The lowest BCUT2D eigenvalue weighted by molar-refractivity contribution is 0.413. The minimum atomic E-state index is -0.729. The molecule has 1 heterocycles. The van der Waals surface area contributed by atoms with E-state index < -0.39 is 17.1 Å². The van der Waals surface area contributed by atoms with Gasteiger partial charge in [0.25, 0.3) is 5.56 Å². The number of benzene rings is 1. The van der Waals surface area contributed by atoms with Gasteiger partial charge in [-0.25, -0.2) is 4.79 Å². The fourth-order valence-electron chi connectivity index (χ4n) is 1.67. The van der Waals surface area contributed by atoms with Crippen LogP contribution in [0.25, 0.3) is 0 Å². The number of terminal acetylenes is 1. The first kappa shape index (κ1) is 14.3. The summed E-state index contributed by atoms with van der Waals surface area (Å²) in [7, 11) is 2.62. The van der Waals surface area contributed by atoms with E-state index in [9.17, 15) is 14.7 Å². The van der Waals surface area contributed by atoms with Crippen LogP contribution in [0.15, 0.2) is 44.1 Å². The third-order valence-corrected chi connectivity index (χ3v) is 2.89. The van der Waals surface area contributed by atoms with Crippen molar-refractivity contribution >= 4 is 11.4 Å². The van der Waals surface area contributed by atoms with Gasteiger partial charge in [0.2, 0.25) is 11.6 Å². The van der Waals surface area contributed by atoms with Gasteiger partial charge in [-0.15, -0.1) is 11.5 Å². The largest absolute Gasteiger partial charge is 0.493 e. The fourth-order valence-corrected chi connectivity index (χ4v) is 1.67. The standard InChI is InChI=1S/C14H12N4O3/c1-4-9-6-5-7-10(8-9)15-16-11-12(19)17(2)14(21)18(3)13(11)20/h1,5-8,19H,2-3H3. The quantitative estimate of drug-likeness (QED) is 0.663. The minimum Gasteiger partial charge on any atom is -0.493 e. The maximum Gasteiger partial charge on any atom is 0.333 e. The SMILES string of the molecule is C#Cc1cccc(N=Nc2c(O)n(C)c(=O)n(C)c2=O)c1. The first-order chi connectivity index (χ1) is 9.95. The molecule has 7 heteroatoms. The molecule has 21 heavy (non-hydrogen) atoms. The molecule has 1 N–H and O–H groups in total. The van der Waals surface area contributed by atoms with Crippen molar-refractivity contribution in [2.75, 3.05) is 0 Å². The van der Waals surface area contributed by atoms with Gasteiger partial charge < -0.3 is 5.11 Å². The van der Waals surface area contributed by atoms with E-state index >= 15 is 0 Å². The third-order valence-electron chi connectivity index (χ3n) is 2.89. The lowest BCUT2D eigenvalue weighted by atomic mass is 10.2. The van der Waals surface area contributed by atoms with E-state index in [0.29, 0.717) is 11.3 Å². The Kier molecular flexibility index (Phi) is 3.71. The molecular formula is C14H12N4O3. The Balaban J connectivity index is 2.54. The number of nitrogens with zero attached hydrogens (tertiary/aromatic N) is 4. The predicted octanol–water partition coefficient (Wildman–Crippen LogP) is 1.19. The summed E-state index contributed by atoms with van der Waals surface area (Å²) in [5.74, 6) is 1.91. The summed E-state index contributed by atoms with van der Waals surface area (Å²) in [5.41, 5.74) is -0.645. The van der Waals surface area contributed by atoms with E-state index in [1.807, 2.05) is 0 Å². The first-order valence-electron chi connectivity index (χ1n) is 5.93. The molecule has 0 radical (unpaired) electrons. The smallest absolute Gasteiger partial charge is 0.333 e. The van der Waals surface area contributed by atoms with Gasteiger partial charge in [0.05, 0.1) is 5.69 Å². The van der Waals surface area contributed by atoms with Gasteiger partial charge in [-0.1, -0.05) is 12.0 Å². The summed E-state index contributed by atoms with van der Waals surface area (Å²) >= 11 is 0. The zero-order valence-corrected chi connectivity index (χ0v) is 11.4. The molecule has 0 aliphatic rings. The minimum absolute atomic E-state index is 0.314. The van der Waals surface area contributed by atoms with Crippen LogP contribution in [0.4, 0.5) is 11.4 Å². The predicted molar refractivity (Wildman–Crippen MR) is 77.1 cm³/mol. The van der Waals surface area contributed by atoms with Crippen molar-refractivity contribution in [1.82, 2.24) is 9.13 Å². The number of hydrogen-bond acceptors (Lipinski definition) is 5. The van der Waals surface area contributed by atoms with E-state index in [2.05, 4.69) is 16.1 Å². The van der Waals surface area contributed by atoms with Crippen LogP contribution >= 0.6 is 0 Å². The molecule has 0 atom stereocenters. The summed E-state index contributed by atoms with van der Waals surface area (Å²) < 4.78 is 1.75. The number of aromatic nitrogens is 2. The van der Waals surface area contributed by atoms with Crippen LogP contribution in [0.3, 0.4) is 0 Å². The molecular weight excluding hydrogens is 272 g/mol. The van der Waals surface area contributed by atoms with Crippen molar-refractivity contribution in [3.8, 4) is 18.2 Å². The molecule has 7 nitrogen and oxygen atoms in total. The molecule has 0 fully saturated rings. The monoisotopic (exact) mass is 284 g/mol. The highest BCUT2D eigenvalue weighted by Gasteiger charge is 2.14. The molecule has 1 aromatic heterocycles. The summed E-state index contributed by atoms with van der Waals surface area (Å²) in [6.45, 7) is 0. The maximum absolute atomic E-state index is 11.9. The number of hydrogen-bond donors (Lipinski definition) is 1. The Bertz CT molecular complexity index is 885. The molecule has 2 rings (SSSR count). The van der Waals surface area contributed by atoms with Crippen molar-refractivity contribution in [3.63, 3.8) is 0 Å². The van der Waals surface area contributed by atoms with Crippen LogP contribution in [0, 0.1) is 12.3 Å². The van der Waals surface area contributed by atoms with Gasteiger partial charge in [-0.2, -0.15) is 5.11 Å². The van der Waals surface area contributed by atoms with Crippen molar-refractivity contribution in [3.05, 3.63) is 50.7 Å². The Morgan fingerprint density at radius 1 is 1.19 bits per heavy atom. The van der Waals surface area contributed by atoms with E-state index in [1.54, 1.807) is 24.3 Å². The second-order valence-corrected chi connectivity index (χ2v) is 4.27. The topological polar surface area (TPSA) is 88.9 Å². The second kappa shape index (κ2) is 5.46. The highest BCUT2D eigenvalue weighted by molar-refractivity contribution is 5.48. The van der Waals surface area contributed by atoms with E-state index in [0.717, 1.165) is 9.13 Å². The van der Waals surface area contributed by atoms with Gasteiger partial charge in [0.1, 0.15) is 0 Å². The summed E-state index contributed by atoms with van der Waals surface area (Å²) in [6.07, 6.45) is 5.28. The second-order valence-electron chi connectivity index (χ2n) is 4.27. The Morgan fingerprint density at radius 2 is 1.90 bits per heavy atom. The Morgan fingerprint density at radius 3 is 2.57 bits per heavy atom. The van der Waals surface area contributed by atoms with Gasteiger partial charge >= 0.3 is 5.69 Å². The van der Waals surface area contributed by atoms with E-state index in [4.69, 9.17) is 6.42 Å². The molecule has 0 aliphatic carbocycles. The van der Waals surface area contributed by atoms with Crippen LogP contribution in [-0.2, 0) is 14.1 Å². The molecule has 0 aliphatic heterocycles. The Labute approximate surface area is 119 Å². The maximum atomic E-state index is 11.9. The fraction of sp³-hybridized carbons (Fsp3) is 0.143. The van der Waals surface area contributed by atoms with Crippen molar-refractivity contribution < 1.29 is 5.11 Å². The van der Waals surface area contributed by atoms with Crippen LogP contribution in [0.2, 0.25) is 0 Å². The van der Waals surface area contributed by atoms with Gasteiger partial charge in [-0.3, -0.25) is 13.9 Å². The van der Waals surface area contributed by atoms with Crippen molar-refractivity contribution in [2.24, 2.45) is 24.3 Å². The van der Waals surface area contributed by atoms with Crippen LogP contribution in [0.1, 0.15) is 5.56 Å². The van der Waals surface area contributed by atoms with E-state index in [1.165, 1.54) is 14.1 Å². The molecule has 0 unspecified atom stereocenters. The van der Waals surface area contributed by atoms with E-state index in [-0.39, 0.29) is 5.69 Å². The Hall–Kier alpha value is -3.14. The average molecular weight is 284 g/mol. The lowest BCUT2D eigenvalue weighted by Crippen LogP contribution is -2.36. The molecule has 106 valence electrons. The highest BCUT2D eigenvalue weighted by Crippen LogP contribution is 2.22. The number of azo groups is 1. The zero-order valence-electron chi connectivity index (χ0n) is 11.4. The normalized spacial score (nSPS) is 10.7.